The molecule has 0 bridgehead atoms. The second kappa shape index (κ2) is 13.6. The lowest BCUT2D eigenvalue weighted by molar-refractivity contribution is -0.121. The number of rotatable bonds is 8. The predicted molar refractivity (Wildman–Crippen MR) is 184 cm³/mol. The zero-order valence-electron chi connectivity index (χ0n) is 26.1. The highest BCUT2D eigenvalue weighted by atomic mass is 35.5. The van der Waals surface area contributed by atoms with Crippen LogP contribution in [0.3, 0.4) is 0 Å². The molecule has 0 aromatic heterocycles. The molecule has 1 heterocycles. The molecule has 2 aliphatic rings. The molecule has 0 fully saturated rings. The molecule has 0 spiro atoms. The third kappa shape index (κ3) is 6.51. The van der Waals surface area contributed by atoms with Gasteiger partial charge in [-0.2, -0.15) is 0 Å². The fourth-order valence-electron chi connectivity index (χ4n) is 6.22. The van der Waals surface area contributed by atoms with E-state index in [4.69, 9.17) is 32.7 Å². The SMILES string of the molecule is CCOc1cc([C@@H]2C3=C(C[C@@H](c4ccc(Cl)cc4)CC3=O)Nc3ccccc3N2C(=O)C(C)C)ccc1OCc1ccc(Cl)cc1. The van der Waals surface area contributed by atoms with Crippen LogP contribution in [-0.4, -0.2) is 18.3 Å². The Bertz CT molecular complexity index is 1780. The second-order valence-electron chi connectivity index (χ2n) is 11.9. The van der Waals surface area contributed by atoms with Crippen molar-refractivity contribution in [3.8, 4) is 11.5 Å². The van der Waals surface area contributed by atoms with Crippen molar-refractivity contribution in [1.29, 1.82) is 0 Å². The molecular weight excluding hydrogens is 619 g/mol. The van der Waals surface area contributed by atoms with E-state index in [1.807, 2.05) is 112 Å². The number of carbonyl (C=O) groups is 2. The van der Waals surface area contributed by atoms with Gasteiger partial charge in [0.05, 0.1) is 24.0 Å². The van der Waals surface area contributed by atoms with Crippen LogP contribution in [0.4, 0.5) is 11.4 Å². The van der Waals surface area contributed by atoms with Crippen molar-refractivity contribution in [3.05, 3.63) is 129 Å². The van der Waals surface area contributed by atoms with E-state index in [1.54, 1.807) is 4.90 Å². The van der Waals surface area contributed by atoms with Crippen LogP contribution in [0.1, 0.15) is 62.3 Å². The summed E-state index contributed by atoms with van der Waals surface area (Å²) in [5.74, 6) is 0.684. The van der Waals surface area contributed by atoms with Gasteiger partial charge in [0.2, 0.25) is 5.91 Å². The number of nitrogens with one attached hydrogen (secondary N) is 1. The van der Waals surface area contributed by atoms with Gasteiger partial charge in [0, 0.05) is 33.7 Å². The molecular formula is C38H36Cl2N2O4. The van der Waals surface area contributed by atoms with E-state index in [9.17, 15) is 9.59 Å². The number of anilines is 2. The minimum atomic E-state index is -0.677. The van der Waals surface area contributed by atoms with Crippen molar-refractivity contribution in [3.63, 3.8) is 0 Å². The Labute approximate surface area is 279 Å². The summed E-state index contributed by atoms with van der Waals surface area (Å²) in [6.45, 7) is 6.43. The third-order valence-corrected chi connectivity index (χ3v) is 8.96. The molecule has 0 radical (unpaired) electrons. The first-order valence-electron chi connectivity index (χ1n) is 15.6. The summed E-state index contributed by atoms with van der Waals surface area (Å²) in [4.78, 5) is 30.3. The number of nitrogens with zero attached hydrogens (tertiary/aromatic N) is 1. The standard InChI is InChI=1S/C38H36Cl2N2O4/c1-4-45-35-21-26(13-18-34(35)46-22-24-9-14-28(39)15-10-24)37-36-31(19-27(20-33(36)43)25-11-16-29(40)17-12-25)41-30-7-5-6-8-32(30)42(37)38(44)23(2)3/h5-18,21,23,27,37,41H,4,19-20,22H2,1-3H3/t27-,37-/m1/s1. The summed E-state index contributed by atoms with van der Waals surface area (Å²) >= 11 is 12.2. The van der Waals surface area contributed by atoms with Gasteiger partial charge in [-0.15, -0.1) is 0 Å². The van der Waals surface area contributed by atoms with Gasteiger partial charge in [-0.3, -0.25) is 14.5 Å². The lowest BCUT2D eigenvalue weighted by atomic mass is 9.78. The molecule has 46 heavy (non-hydrogen) atoms. The number of benzene rings is 4. The monoisotopic (exact) mass is 654 g/mol. The van der Waals surface area contributed by atoms with E-state index in [-0.39, 0.29) is 23.5 Å². The number of Topliss-reactive ketones (excluding diaryl/α,β-unsaturated/α-hetero) is 1. The minimum Gasteiger partial charge on any atom is -0.490 e. The smallest absolute Gasteiger partial charge is 0.230 e. The van der Waals surface area contributed by atoms with Crippen LogP contribution in [0.2, 0.25) is 10.0 Å². The Morgan fingerprint density at radius 2 is 1.54 bits per heavy atom. The largest absolute Gasteiger partial charge is 0.490 e. The summed E-state index contributed by atoms with van der Waals surface area (Å²) in [7, 11) is 0. The number of halogens is 2. The highest BCUT2D eigenvalue weighted by Crippen LogP contribution is 2.49. The maximum Gasteiger partial charge on any atom is 0.230 e. The molecule has 1 amide bonds. The second-order valence-corrected chi connectivity index (χ2v) is 12.8. The Morgan fingerprint density at radius 1 is 0.870 bits per heavy atom. The molecule has 0 saturated heterocycles. The van der Waals surface area contributed by atoms with Crippen molar-refractivity contribution < 1.29 is 19.1 Å². The average Bonchev–Trinajstić information content (AvgIpc) is 3.19. The lowest BCUT2D eigenvalue weighted by Crippen LogP contribution is -2.40. The number of hydrogen-bond acceptors (Lipinski definition) is 5. The van der Waals surface area contributed by atoms with E-state index < -0.39 is 6.04 Å². The maximum atomic E-state index is 14.3. The summed E-state index contributed by atoms with van der Waals surface area (Å²) < 4.78 is 12.3. The van der Waals surface area contributed by atoms with Crippen molar-refractivity contribution in [1.82, 2.24) is 0 Å². The van der Waals surface area contributed by atoms with Gasteiger partial charge >= 0.3 is 0 Å². The van der Waals surface area contributed by atoms with Crippen LogP contribution >= 0.6 is 23.2 Å². The molecule has 0 saturated carbocycles. The van der Waals surface area contributed by atoms with Gasteiger partial charge in [-0.25, -0.2) is 0 Å². The molecule has 1 aliphatic heterocycles. The number of allylic oxidation sites excluding steroid dienone is 1. The molecule has 1 aliphatic carbocycles. The lowest BCUT2D eigenvalue weighted by Gasteiger charge is -2.36. The highest BCUT2D eigenvalue weighted by Gasteiger charge is 2.42. The van der Waals surface area contributed by atoms with Crippen molar-refractivity contribution in [2.75, 3.05) is 16.8 Å². The number of hydrogen-bond donors (Lipinski definition) is 1. The fraction of sp³-hybridized carbons (Fsp3) is 0.263. The summed E-state index contributed by atoms with van der Waals surface area (Å²) in [5, 5.41) is 4.91. The first kappa shape index (κ1) is 31.7. The topological polar surface area (TPSA) is 67.9 Å². The molecule has 8 heteroatoms. The van der Waals surface area contributed by atoms with Gasteiger partial charge in [0.25, 0.3) is 0 Å². The number of carbonyl (C=O) groups excluding carboxylic acids is 2. The molecule has 1 N–H and O–H groups in total. The normalized spacial score (nSPS) is 17.6. The first-order valence-corrected chi connectivity index (χ1v) is 16.3. The third-order valence-electron chi connectivity index (χ3n) is 8.45. The molecule has 6 nitrogen and oxygen atoms in total. The maximum absolute atomic E-state index is 14.3. The zero-order valence-corrected chi connectivity index (χ0v) is 27.6. The summed E-state index contributed by atoms with van der Waals surface area (Å²) in [5.41, 5.74) is 5.69. The van der Waals surface area contributed by atoms with Crippen LogP contribution in [0, 0.1) is 5.92 Å². The Kier molecular flexibility index (Phi) is 9.39. The number of ketones is 1. The Hall–Kier alpha value is -4.26. The van der Waals surface area contributed by atoms with E-state index in [1.165, 1.54) is 0 Å². The first-order chi connectivity index (χ1) is 22.2. The van der Waals surface area contributed by atoms with Crippen LogP contribution in [0.25, 0.3) is 0 Å². The molecule has 4 aromatic carbocycles. The number of fused-ring (bicyclic) bond motifs is 1. The zero-order chi connectivity index (χ0) is 32.4. The quantitative estimate of drug-likeness (QED) is 0.205. The minimum absolute atomic E-state index is 0.00547. The van der Waals surface area contributed by atoms with Crippen molar-refractivity contribution in [2.24, 2.45) is 5.92 Å². The number of amides is 1. The van der Waals surface area contributed by atoms with Gasteiger partial charge in [0.1, 0.15) is 6.61 Å². The predicted octanol–water partition coefficient (Wildman–Crippen LogP) is 9.53. The molecule has 2 atom stereocenters. The van der Waals surface area contributed by atoms with Gasteiger partial charge in [0.15, 0.2) is 17.3 Å². The van der Waals surface area contributed by atoms with Crippen molar-refractivity contribution >= 4 is 46.3 Å². The van der Waals surface area contributed by atoms with Crippen LogP contribution in [0.5, 0.6) is 11.5 Å². The fourth-order valence-corrected chi connectivity index (χ4v) is 6.47. The van der Waals surface area contributed by atoms with E-state index in [0.717, 1.165) is 33.8 Å². The number of para-hydroxylation sites is 2. The van der Waals surface area contributed by atoms with Gasteiger partial charge < -0.3 is 14.8 Å². The Balaban J connectivity index is 1.47. The van der Waals surface area contributed by atoms with E-state index in [2.05, 4.69) is 5.32 Å². The summed E-state index contributed by atoms with van der Waals surface area (Å²) in [6.07, 6.45) is 0.928. The van der Waals surface area contributed by atoms with Gasteiger partial charge in [-0.1, -0.05) is 79.5 Å². The molecule has 4 aromatic rings. The Morgan fingerprint density at radius 3 is 2.24 bits per heavy atom. The van der Waals surface area contributed by atoms with Crippen molar-refractivity contribution in [2.45, 2.75) is 52.2 Å². The van der Waals surface area contributed by atoms with Crippen LogP contribution < -0.4 is 19.7 Å². The van der Waals surface area contributed by atoms with E-state index in [0.29, 0.717) is 53.2 Å². The van der Waals surface area contributed by atoms with Crippen LogP contribution in [-0.2, 0) is 16.2 Å². The molecule has 236 valence electrons. The number of ether oxygens (including phenoxy) is 2. The highest BCUT2D eigenvalue weighted by molar-refractivity contribution is 6.30. The van der Waals surface area contributed by atoms with E-state index >= 15 is 0 Å². The van der Waals surface area contributed by atoms with Crippen LogP contribution in [0.15, 0.2) is 102 Å². The average molecular weight is 656 g/mol. The van der Waals surface area contributed by atoms with Gasteiger partial charge in [-0.05, 0) is 84.5 Å². The summed E-state index contributed by atoms with van der Waals surface area (Å²) in [6, 6.07) is 28.0. The molecule has 0 unspecified atom stereocenters. The molecule has 6 rings (SSSR count).